The molecule has 2 aromatic rings. The lowest BCUT2D eigenvalue weighted by atomic mass is 10.4. The van der Waals surface area contributed by atoms with Crippen molar-refractivity contribution in [2.24, 2.45) is 0 Å². The second kappa shape index (κ2) is 4.03. The zero-order valence-electron chi connectivity index (χ0n) is 8.25. The van der Waals surface area contributed by atoms with Crippen LogP contribution in [0.1, 0.15) is 6.42 Å². The molecule has 1 aliphatic rings. The Kier molecular flexibility index (Phi) is 2.53. The lowest BCUT2D eigenvalue weighted by Crippen LogP contribution is -2.09. The molecule has 1 saturated heterocycles. The minimum Gasteiger partial charge on any atom is -0.465 e. The Morgan fingerprint density at radius 3 is 3.25 bits per heavy atom. The molecule has 0 spiro atoms. The minimum absolute atomic E-state index is 0.111. The molecule has 0 radical (unpaired) electrons. The highest BCUT2D eigenvalue weighted by atomic mass is 32.2. The summed E-state index contributed by atoms with van der Waals surface area (Å²) in [6.45, 7) is 0.523. The predicted molar refractivity (Wildman–Crippen MR) is 62.6 cm³/mol. The van der Waals surface area contributed by atoms with Gasteiger partial charge >= 0.3 is 5.97 Å². The third kappa shape index (κ3) is 1.68. The molecule has 2 aromatic heterocycles. The van der Waals surface area contributed by atoms with E-state index in [0.717, 1.165) is 21.7 Å². The summed E-state index contributed by atoms with van der Waals surface area (Å²) >= 11 is 3.08. The van der Waals surface area contributed by atoms with Crippen molar-refractivity contribution in [2.45, 2.75) is 16.7 Å². The van der Waals surface area contributed by atoms with Crippen molar-refractivity contribution in [3.63, 3.8) is 0 Å². The lowest BCUT2D eigenvalue weighted by Gasteiger charge is -2.04. The van der Waals surface area contributed by atoms with Crippen LogP contribution < -0.4 is 0 Å². The van der Waals surface area contributed by atoms with Gasteiger partial charge in [0.1, 0.15) is 16.6 Å². The summed E-state index contributed by atoms with van der Waals surface area (Å²) in [6.07, 6.45) is 2.30. The summed E-state index contributed by atoms with van der Waals surface area (Å²) in [5.41, 5.74) is 0.939. The molecule has 0 amide bonds. The third-order valence-electron chi connectivity index (χ3n) is 2.35. The van der Waals surface area contributed by atoms with Crippen LogP contribution in [-0.2, 0) is 9.53 Å². The second-order valence-electron chi connectivity index (χ2n) is 3.38. The molecule has 0 bridgehead atoms. The molecule has 0 N–H and O–H groups in total. The Morgan fingerprint density at radius 1 is 1.50 bits per heavy atom. The van der Waals surface area contributed by atoms with E-state index in [1.54, 1.807) is 11.3 Å². The zero-order valence-corrected chi connectivity index (χ0v) is 9.88. The maximum absolute atomic E-state index is 11.4. The van der Waals surface area contributed by atoms with Gasteiger partial charge in [-0.15, -0.1) is 11.3 Å². The molecule has 0 saturated carbocycles. The van der Waals surface area contributed by atoms with E-state index >= 15 is 0 Å². The molecule has 0 aliphatic carbocycles. The summed E-state index contributed by atoms with van der Waals surface area (Å²) in [6, 6.07) is 1.96. The van der Waals surface area contributed by atoms with Gasteiger partial charge in [-0.25, -0.2) is 9.97 Å². The zero-order chi connectivity index (χ0) is 11.0. The highest BCUT2D eigenvalue weighted by Crippen LogP contribution is 2.34. The molecule has 3 rings (SSSR count). The number of carbonyl (C=O) groups is 1. The van der Waals surface area contributed by atoms with Crippen molar-refractivity contribution in [3.05, 3.63) is 17.8 Å². The van der Waals surface area contributed by atoms with Gasteiger partial charge in [-0.3, -0.25) is 4.79 Å². The average Bonchev–Trinajstić information content (AvgIpc) is 2.89. The van der Waals surface area contributed by atoms with Crippen molar-refractivity contribution in [3.8, 4) is 0 Å². The van der Waals surface area contributed by atoms with Crippen LogP contribution in [0.3, 0.4) is 0 Å². The lowest BCUT2D eigenvalue weighted by molar-refractivity contribution is -0.137. The van der Waals surface area contributed by atoms with E-state index in [4.69, 9.17) is 4.74 Å². The van der Waals surface area contributed by atoms with Gasteiger partial charge in [-0.2, -0.15) is 0 Å². The fraction of sp³-hybridized carbons (Fsp3) is 0.300. The van der Waals surface area contributed by atoms with Crippen molar-refractivity contribution in [2.75, 3.05) is 6.61 Å². The second-order valence-corrected chi connectivity index (χ2v) is 5.48. The molecule has 0 aromatic carbocycles. The van der Waals surface area contributed by atoms with E-state index in [1.807, 2.05) is 11.4 Å². The van der Waals surface area contributed by atoms with Gasteiger partial charge in [0.25, 0.3) is 0 Å². The van der Waals surface area contributed by atoms with Crippen LogP contribution in [0.2, 0.25) is 0 Å². The van der Waals surface area contributed by atoms with Crippen LogP contribution in [0.5, 0.6) is 0 Å². The van der Waals surface area contributed by atoms with E-state index < -0.39 is 0 Å². The van der Waals surface area contributed by atoms with Crippen LogP contribution in [0, 0.1) is 0 Å². The fourth-order valence-electron chi connectivity index (χ4n) is 1.57. The van der Waals surface area contributed by atoms with Gasteiger partial charge in [0.2, 0.25) is 0 Å². The number of thioether (sulfide) groups is 1. The van der Waals surface area contributed by atoms with Crippen LogP contribution in [0.25, 0.3) is 10.2 Å². The normalized spacial score (nSPS) is 20.2. The average molecular weight is 252 g/mol. The van der Waals surface area contributed by atoms with Crippen LogP contribution in [0.15, 0.2) is 22.8 Å². The van der Waals surface area contributed by atoms with Crippen molar-refractivity contribution >= 4 is 39.3 Å². The Labute approximate surface area is 100 Å². The summed E-state index contributed by atoms with van der Waals surface area (Å²) in [5, 5.41) is 2.75. The first kappa shape index (κ1) is 10.0. The minimum atomic E-state index is -0.131. The maximum Gasteiger partial charge on any atom is 0.319 e. The smallest absolute Gasteiger partial charge is 0.319 e. The third-order valence-corrected chi connectivity index (χ3v) is 4.64. The van der Waals surface area contributed by atoms with Crippen LogP contribution >= 0.6 is 23.1 Å². The molecule has 1 unspecified atom stereocenters. The number of esters is 1. The Hall–Kier alpha value is -1.14. The van der Waals surface area contributed by atoms with Gasteiger partial charge in [0.15, 0.2) is 0 Å². The van der Waals surface area contributed by atoms with Crippen molar-refractivity contribution in [1.82, 2.24) is 9.97 Å². The Morgan fingerprint density at radius 2 is 2.44 bits per heavy atom. The predicted octanol–water partition coefficient (Wildman–Crippen LogP) is 2.10. The molecule has 1 aliphatic heterocycles. The van der Waals surface area contributed by atoms with Crippen molar-refractivity contribution in [1.29, 1.82) is 0 Å². The highest BCUT2D eigenvalue weighted by Gasteiger charge is 2.28. The quantitative estimate of drug-likeness (QED) is 0.605. The summed E-state index contributed by atoms with van der Waals surface area (Å²) in [5.74, 6) is -0.131. The van der Waals surface area contributed by atoms with Crippen molar-refractivity contribution < 1.29 is 9.53 Å². The standard InChI is InChI=1S/C10H8N2O2S2/c13-10-7(1-3-14-10)16-9-8-6(2-4-15-8)11-5-12-9/h2,4-5,7H,1,3H2. The number of thiophene rings is 1. The molecule has 3 heterocycles. The Bertz CT molecular complexity index is 540. The number of cyclic esters (lactones) is 1. The maximum atomic E-state index is 11.4. The molecule has 1 atom stereocenters. The number of fused-ring (bicyclic) bond motifs is 1. The summed E-state index contributed by atoms with van der Waals surface area (Å²) in [4.78, 5) is 19.8. The van der Waals surface area contributed by atoms with Crippen LogP contribution in [-0.4, -0.2) is 27.8 Å². The molecule has 6 heteroatoms. The summed E-state index contributed by atoms with van der Waals surface area (Å²) < 4.78 is 5.98. The van der Waals surface area contributed by atoms with E-state index in [-0.39, 0.29) is 11.2 Å². The first-order chi connectivity index (χ1) is 7.84. The Balaban J connectivity index is 1.94. The molecular weight excluding hydrogens is 244 g/mol. The van der Waals surface area contributed by atoms with E-state index in [0.29, 0.717) is 6.61 Å². The number of ether oxygens (including phenoxy) is 1. The van der Waals surface area contributed by atoms with Crippen LogP contribution in [0.4, 0.5) is 0 Å². The molecule has 1 fully saturated rings. The SMILES string of the molecule is O=C1OCCC1Sc1ncnc2ccsc12. The number of hydrogen-bond acceptors (Lipinski definition) is 6. The number of aromatic nitrogens is 2. The topological polar surface area (TPSA) is 52.1 Å². The number of rotatable bonds is 2. The first-order valence-electron chi connectivity index (χ1n) is 4.86. The summed E-state index contributed by atoms with van der Waals surface area (Å²) in [7, 11) is 0. The van der Waals surface area contributed by atoms with Gasteiger partial charge in [0.05, 0.1) is 16.8 Å². The number of nitrogens with zero attached hydrogens (tertiary/aromatic N) is 2. The van der Waals surface area contributed by atoms with Gasteiger partial charge in [-0.1, -0.05) is 11.8 Å². The number of carbonyl (C=O) groups excluding carboxylic acids is 1. The fourth-order valence-corrected chi connectivity index (χ4v) is 3.55. The van der Waals surface area contributed by atoms with E-state index in [1.165, 1.54) is 18.1 Å². The monoisotopic (exact) mass is 252 g/mol. The van der Waals surface area contributed by atoms with Gasteiger partial charge < -0.3 is 4.74 Å². The molecule has 82 valence electrons. The van der Waals surface area contributed by atoms with E-state index in [9.17, 15) is 4.79 Å². The van der Waals surface area contributed by atoms with Gasteiger partial charge in [-0.05, 0) is 11.4 Å². The van der Waals surface area contributed by atoms with Gasteiger partial charge in [0, 0.05) is 6.42 Å². The molecular formula is C10H8N2O2S2. The van der Waals surface area contributed by atoms with E-state index in [2.05, 4.69) is 9.97 Å². The molecule has 16 heavy (non-hydrogen) atoms. The highest BCUT2D eigenvalue weighted by molar-refractivity contribution is 8.00. The largest absolute Gasteiger partial charge is 0.465 e. The number of hydrogen-bond donors (Lipinski definition) is 0. The first-order valence-corrected chi connectivity index (χ1v) is 6.62. The molecule has 4 nitrogen and oxygen atoms in total.